The van der Waals surface area contributed by atoms with Gasteiger partial charge in [0.15, 0.2) is 0 Å². The number of nitrogens with two attached hydrogens (primary N) is 1. The first-order valence-corrected chi connectivity index (χ1v) is 8.22. The Balaban J connectivity index is 1.69. The van der Waals surface area contributed by atoms with Crippen molar-refractivity contribution in [3.8, 4) is 0 Å². The first kappa shape index (κ1) is 13.8. The summed E-state index contributed by atoms with van der Waals surface area (Å²) in [5, 5.41) is 5.09. The molecule has 0 unspecified atom stereocenters. The summed E-state index contributed by atoms with van der Waals surface area (Å²) in [6, 6.07) is 6.68. The monoisotopic (exact) mass is 298 g/mol. The molecule has 1 aromatic carbocycles. The average molecular weight is 298 g/mol. The van der Waals surface area contributed by atoms with Crippen LogP contribution < -0.4 is 10.0 Å². The Bertz CT molecular complexity index is 569. The van der Waals surface area contributed by atoms with Crippen molar-refractivity contribution in [1.82, 2.24) is 0 Å². The third-order valence-corrected chi connectivity index (χ3v) is 5.01. The van der Waals surface area contributed by atoms with E-state index < -0.39 is 10.0 Å². The van der Waals surface area contributed by atoms with Crippen molar-refractivity contribution in [3.05, 3.63) is 24.3 Å². The highest BCUT2D eigenvalue weighted by Gasteiger charge is 2.40. The molecule has 2 aliphatic heterocycles. The summed E-state index contributed by atoms with van der Waals surface area (Å²) >= 11 is 0. The zero-order chi connectivity index (χ0) is 14.2. The van der Waals surface area contributed by atoms with E-state index in [0.717, 1.165) is 38.0 Å². The van der Waals surface area contributed by atoms with Gasteiger partial charge in [0, 0.05) is 25.2 Å². The van der Waals surface area contributed by atoms with Crippen LogP contribution in [0.3, 0.4) is 0 Å². The predicted octanol–water partition coefficient (Wildman–Crippen LogP) is 1.02. The minimum atomic E-state index is -3.62. The van der Waals surface area contributed by atoms with Gasteiger partial charge >= 0.3 is 0 Å². The second kappa shape index (κ2) is 5.00. The van der Waals surface area contributed by atoms with Crippen molar-refractivity contribution in [2.45, 2.75) is 29.8 Å². The Morgan fingerprint density at radius 3 is 2.25 bits per heavy atom. The maximum atomic E-state index is 11.2. The normalized spacial score (nSPS) is 22.4. The molecule has 0 saturated carbocycles. The minimum absolute atomic E-state index is 0.114. The Hall–Kier alpha value is -1.15. The number of nitrogens with zero attached hydrogens (tertiary/aromatic N) is 1. The molecule has 0 bridgehead atoms. The van der Waals surface area contributed by atoms with Gasteiger partial charge < -0.3 is 4.90 Å². The van der Waals surface area contributed by atoms with Gasteiger partial charge in [0.05, 0.1) is 11.5 Å². The topological polar surface area (TPSA) is 81.9 Å². The molecule has 0 aliphatic carbocycles. The molecule has 1 spiro atoms. The van der Waals surface area contributed by atoms with Crippen LogP contribution >= 0.6 is 0 Å². The molecule has 0 radical (unpaired) electrons. The van der Waals surface area contributed by atoms with E-state index in [9.17, 15) is 8.42 Å². The van der Waals surface area contributed by atoms with E-state index in [1.807, 2.05) is 0 Å². The lowest BCUT2D eigenvalue weighted by Gasteiger charge is -2.38. The molecular weight excluding hydrogens is 280 g/mol. The summed E-state index contributed by atoms with van der Waals surface area (Å²) in [7, 11) is -3.62. The van der Waals surface area contributed by atoms with Gasteiger partial charge in [-0.3, -0.25) is 0 Å². The van der Waals surface area contributed by atoms with Crippen molar-refractivity contribution in [3.63, 3.8) is 0 Å². The molecule has 20 heavy (non-hydrogen) atoms. The maximum Gasteiger partial charge on any atom is 0.238 e. The molecule has 0 amide bonds. The molecule has 1 aromatic rings. The van der Waals surface area contributed by atoms with Crippen LogP contribution in [0.4, 0.5) is 5.69 Å². The maximum absolute atomic E-state index is 11.2. The molecule has 7 heteroatoms. The summed E-state index contributed by atoms with van der Waals surface area (Å²) in [6.45, 7) is 2.42. The molecule has 3 rings (SSSR count). The van der Waals surface area contributed by atoms with Crippen LogP contribution in [0, 0.1) is 0 Å². The molecule has 6 nitrogen and oxygen atoms in total. The zero-order valence-corrected chi connectivity index (χ0v) is 11.9. The van der Waals surface area contributed by atoms with E-state index >= 15 is 0 Å². The predicted molar refractivity (Wildman–Crippen MR) is 73.6 cm³/mol. The fraction of sp³-hybridized carbons (Fsp3) is 0.538. The third-order valence-electron chi connectivity index (χ3n) is 4.08. The van der Waals surface area contributed by atoms with Gasteiger partial charge in [0.2, 0.25) is 10.0 Å². The van der Waals surface area contributed by atoms with E-state index in [-0.39, 0.29) is 10.5 Å². The highest BCUT2D eigenvalue weighted by atomic mass is 32.2. The Kier molecular flexibility index (Phi) is 3.45. The summed E-state index contributed by atoms with van der Waals surface area (Å²) < 4.78 is 22.4. The number of anilines is 1. The summed E-state index contributed by atoms with van der Waals surface area (Å²) in [4.78, 5) is 12.8. The van der Waals surface area contributed by atoms with Crippen LogP contribution in [0.5, 0.6) is 0 Å². The second-order valence-electron chi connectivity index (χ2n) is 5.36. The van der Waals surface area contributed by atoms with Crippen LogP contribution in [0.2, 0.25) is 0 Å². The number of hydrogen-bond donors (Lipinski definition) is 1. The molecule has 2 N–H and O–H groups in total. The fourth-order valence-corrected chi connectivity index (χ4v) is 3.30. The largest absolute Gasteiger partial charge is 0.371 e. The van der Waals surface area contributed by atoms with Crippen LogP contribution in [0.25, 0.3) is 0 Å². The minimum Gasteiger partial charge on any atom is -0.371 e. The summed E-state index contributed by atoms with van der Waals surface area (Å²) in [6.07, 6.45) is 2.79. The lowest BCUT2D eigenvalue weighted by Crippen LogP contribution is -2.44. The van der Waals surface area contributed by atoms with E-state index in [1.54, 1.807) is 24.3 Å². The average Bonchev–Trinajstić information content (AvgIpc) is 2.87. The van der Waals surface area contributed by atoms with Crippen molar-refractivity contribution in [2.75, 3.05) is 24.6 Å². The van der Waals surface area contributed by atoms with Crippen LogP contribution in [-0.4, -0.2) is 33.7 Å². The quantitative estimate of drug-likeness (QED) is 0.825. The van der Waals surface area contributed by atoms with Crippen molar-refractivity contribution in [2.24, 2.45) is 5.14 Å². The first-order chi connectivity index (χ1) is 9.49. The van der Waals surface area contributed by atoms with Gasteiger partial charge in [-0.25, -0.2) is 23.3 Å². The van der Waals surface area contributed by atoms with E-state index in [1.165, 1.54) is 0 Å². The van der Waals surface area contributed by atoms with E-state index in [4.69, 9.17) is 14.9 Å². The molecule has 2 saturated heterocycles. The third kappa shape index (κ3) is 2.67. The molecule has 0 atom stereocenters. The Morgan fingerprint density at radius 1 is 1.10 bits per heavy atom. The van der Waals surface area contributed by atoms with Gasteiger partial charge in [-0.05, 0) is 37.1 Å². The molecule has 2 heterocycles. The molecular formula is C13H18N2O4S. The fourth-order valence-electron chi connectivity index (χ4n) is 2.79. The number of primary sulfonamides is 1. The molecule has 110 valence electrons. The smallest absolute Gasteiger partial charge is 0.238 e. The van der Waals surface area contributed by atoms with Gasteiger partial charge in [0.25, 0.3) is 0 Å². The number of piperidine rings is 1. The molecule has 2 aliphatic rings. The number of benzene rings is 1. The lowest BCUT2D eigenvalue weighted by molar-refractivity contribution is -0.312. The van der Waals surface area contributed by atoms with Gasteiger partial charge in [0.1, 0.15) is 5.60 Å². The standard InChI is InChI=1S/C13H18N2O4S/c14-20(16,17)12-3-1-11(2-4-12)15-8-5-13(6-9-15)7-10-18-19-13/h1-4H,5-10H2,(H2,14,16,17). The second-order valence-corrected chi connectivity index (χ2v) is 6.93. The van der Waals surface area contributed by atoms with Gasteiger partial charge in [-0.1, -0.05) is 0 Å². The molecule has 0 aromatic heterocycles. The van der Waals surface area contributed by atoms with Crippen LogP contribution in [0.1, 0.15) is 19.3 Å². The van der Waals surface area contributed by atoms with E-state index in [0.29, 0.717) is 6.61 Å². The van der Waals surface area contributed by atoms with Gasteiger partial charge in [-0.15, -0.1) is 0 Å². The van der Waals surface area contributed by atoms with Crippen molar-refractivity contribution < 1.29 is 18.2 Å². The van der Waals surface area contributed by atoms with Crippen molar-refractivity contribution >= 4 is 15.7 Å². The lowest BCUT2D eigenvalue weighted by atomic mass is 9.89. The highest BCUT2D eigenvalue weighted by molar-refractivity contribution is 7.89. The van der Waals surface area contributed by atoms with Gasteiger partial charge in [-0.2, -0.15) is 0 Å². The summed E-state index contributed by atoms with van der Waals surface area (Å²) in [5.41, 5.74) is 0.892. The van der Waals surface area contributed by atoms with E-state index in [2.05, 4.69) is 4.90 Å². The number of rotatable bonds is 2. The number of sulfonamides is 1. The number of hydrogen-bond acceptors (Lipinski definition) is 5. The zero-order valence-electron chi connectivity index (χ0n) is 11.1. The Labute approximate surface area is 118 Å². The van der Waals surface area contributed by atoms with Crippen LogP contribution in [-0.2, 0) is 19.8 Å². The SMILES string of the molecule is NS(=O)(=O)c1ccc(N2CCC3(CCOO3)CC2)cc1. The van der Waals surface area contributed by atoms with Crippen LogP contribution in [0.15, 0.2) is 29.2 Å². The Morgan fingerprint density at radius 2 is 1.75 bits per heavy atom. The summed E-state index contributed by atoms with van der Waals surface area (Å²) in [5.74, 6) is 0. The highest BCUT2D eigenvalue weighted by Crippen LogP contribution is 2.35. The van der Waals surface area contributed by atoms with Crippen molar-refractivity contribution in [1.29, 1.82) is 0 Å². The molecule has 2 fully saturated rings. The first-order valence-electron chi connectivity index (χ1n) is 6.67.